The molecule has 1 saturated carbocycles. The molecule has 3 aliphatic carbocycles. The maximum absolute atomic E-state index is 13.4. The summed E-state index contributed by atoms with van der Waals surface area (Å²) in [7, 11) is 0. The van der Waals surface area contributed by atoms with Gasteiger partial charge in [-0.15, -0.1) is 0 Å². The maximum Gasteiger partial charge on any atom is 0.255 e. The number of ketones is 2. The number of rotatable bonds is 4. The number of aromatic hydroxyl groups is 1. The molecule has 5 N–H and O–H groups in total. The second kappa shape index (κ2) is 8.04. The van der Waals surface area contributed by atoms with Gasteiger partial charge in [0.25, 0.3) is 5.91 Å². The molecule has 0 radical (unpaired) electrons. The molecule has 4 rings (SSSR count). The monoisotopic (exact) mass is 453 g/mol. The summed E-state index contributed by atoms with van der Waals surface area (Å²) < 4.78 is 0. The number of phenols is 1. The molecule has 33 heavy (non-hydrogen) atoms. The zero-order valence-electron chi connectivity index (χ0n) is 19.3. The van der Waals surface area contributed by atoms with Crippen LogP contribution in [-0.2, 0) is 27.2 Å². The van der Waals surface area contributed by atoms with Crippen LogP contribution in [0, 0.1) is 23.2 Å². The number of hydrogen-bond donors (Lipinski definition) is 4. The quantitative estimate of drug-likeness (QED) is 0.513. The number of nitrogens with two attached hydrogens (primary N) is 1. The van der Waals surface area contributed by atoms with Crippen LogP contribution in [-0.4, -0.2) is 32.8 Å². The van der Waals surface area contributed by atoms with Crippen molar-refractivity contribution in [2.24, 2.45) is 28.9 Å². The zero-order valence-corrected chi connectivity index (χ0v) is 19.3. The Kier molecular flexibility index (Phi) is 5.63. The summed E-state index contributed by atoms with van der Waals surface area (Å²) in [6.07, 6.45) is 3.31. The molecule has 3 unspecified atom stereocenters. The minimum Gasteiger partial charge on any atom is -0.511 e. The van der Waals surface area contributed by atoms with E-state index in [-0.39, 0.29) is 40.4 Å². The number of fused-ring (bicyclic) bond motifs is 3. The van der Waals surface area contributed by atoms with Gasteiger partial charge in [-0.3, -0.25) is 14.4 Å². The van der Waals surface area contributed by atoms with Crippen molar-refractivity contribution in [1.82, 2.24) is 0 Å². The van der Waals surface area contributed by atoms with Crippen molar-refractivity contribution in [2.45, 2.75) is 59.3 Å². The summed E-state index contributed by atoms with van der Waals surface area (Å²) in [5.41, 5.74) is 6.79. The Morgan fingerprint density at radius 3 is 2.45 bits per heavy atom. The molecule has 1 aromatic rings. The van der Waals surface area contributed by atoms with Crippen LogP contribution < -0.4 is 5.73 Å². The molecular weight excluding hydrogens is 422 g/mol. The number of aliphatic hydroxyl groups excluding tert-OH is 2. The predicted octanol–water partition coefficient (Wildman–Crippen LogP) is 3.68. The van der Waals surface area contributed by atoms with Crippen LogP contribution in [0.2, 0.25) is 0 Å². The van der Waals surface area contributed by atoms with Crippen molar-refractivity contribution in [3.05, 3.63) is 45.7 Å². The molecule has 0 saturated heterocycles. The highest BCUT2D eigenvalue weighted by Gasteiger charge is 2.50. The summed E-state index contributed by atoms with van der Waals surface area (Å²) in [4.78, 5) is 37.4. The zero-order chi connectivity index (χ0) is 24.2. The first-order valence-electron chi connectivity index (χ1n) is 11.5. The average Bonchev–Trinajstić information content (AvgIpc) is 2.67. The molecule has 0 spiro atoms. The van der Waals surface area contributed by atoms with Gasteiger partial charge in [0.05, 0.1) is 11.5 Å². The summed E-state index contributed by atoms with van der Waals surface area (Å²) >= 11 is 0. The van der Waals surface area contributed by atoms with E-state index in [0.717, 1.165) is 18.4 Å². The number of Topliss-reactive ketones (excluding diaryl/α,β-unsaturated/α-hetero) is 2. The number of carbonyl (C=O) groups is 3. The van der Waals surface area contributed by atoms with Crippen molar-refractivity contribution in [2.75, 3.05) is 0 Å². The van der Waals surface area contributed by atoms with E-state index >= 15 is 0 Å². The Hall–Kier alpha value is -3.09. The van der Waals surface area contributed by atoms with Gasteiger partial charge in [0, 0.05) is 12.0 Å². The molecule has 1 aromatic carbocycles. The molecule has 0 aromatic heterocycles. The minimum atomic E-state index is -1.09. The second-order valence-corrected chi connectivity index (χ2v) is 10.8. The smallest absolute Gasteiger partial charge is 0.255 e. The van der Waals surface area contributed by atoms with Gasteiger partial charge in [0.2, 0.25) is 0 Å². The van der Waals surface area contributed by atoms with E-state index in [2.05, 4.69) is 20.8 Å². The molecule has 3 aliphatic rings. The Morgan fingerprint density at radius 1 is 1.12 bits per heavy atom. The summed E-state index contributed by atoms with van der Waals surface area (Å²) in [5.74, 6) is -4.89. The molecule has 176 valence electrons. The molecule has 0 bridgehead atoms. The Morgan fingerprint density at radius 2 is 1.82 bits per heavy atom. The number of primary amides is 1. The first-order chi connectivity index (χ1) is 15.4. The van der Waals surface area contributed by atoms with Crippen LogP contribution in [0.3, 0.4) is 0 Å². The number of benzene rings is 1. The van der Waals surface area contributed by atoms with Crippen molar-refractivity contribution < 1.29 is 29.7 Å². The molecule has 0 aliphatic heterocycles. The fourth-order valence-corrected chi connectivity index (χ4v) is 5.67. The van der Waals surface area contributed by atoms with E-state index in [1.165, 1.54) is 0 Å². The largest absolute Gasteiger partial charge is 0.511 e. The van der Waals surface area contributed by atoms with Gasteiger partial charge in [0.15, 0.2) is 11.6 Å². The minimum absolute atomic E-state index is 0.0174. The van der Waals surface area contributed by atoms with Gasteiger partial charge in [-0.2, -0.15) is 0 Å². The molecule has 7 nitrogen and oxygen atoms in total. The predicted molar refractivity (Wildman–Crippen MR) is 122 cm³/mol. The van der Waals surface area contributed by atoms with Crippen LogP contribution >= 0.6 is 0 Å². The van der Waals surface area contributed by atoms with Crippen molar-refractivity contribution in [1.29, 1.82) is 0 Å². The lowest BCUT2D eigenvalue weighted by molar-refractivity contribution is -0.127. The van der Waals surface area contributed by atoms with E-state index in [9.17, 15) is 29.7 Å². The molecule has 7 heteroatoms. The number of aliphatic hydroxyl groups is 2. The van der Waals surface area contributed by atoms with Crippen molar-refractivity contribution in [3.8, 4) is 5.75 Å². The summed E-state index contributed by atoms with van der Waals surface area (Å²) in [5, 5.41) is 32.7. The Labute approximate surface area is 193 Å². The number of aryl methyl sites for hydroxylation is 1. The van der Waals surface area contributed by atoms with E-state index in [4.69, 9.17) is 5.73 Å². The van der Waals surface area contributed by atoms with Crippen molar-refractivity contribution >= 4 is 23.2 Å². The lowest BCUT2D eigenvalue weighted by Crippen LogP contribution is -2.44. The van der Waals surface area contributed by atoms with Gasteiger partial charge in [0.1, 0.15) is 22.8 Å². The normalized spacial score (nSPS) is 25.0. The highest BCUT2D eigenvalue weighted by molar-refractivity contribution is 6.21. The number of amides is 1. The molecule has 1 amide bonds. The van der Waals surface area contributed by atoms with Gasteiger partial charge < -0.3 is 21.1 Å². The summed E-state index contributed by atoms with van der Waals surface area (Å²) in [6, 6.07) is 3.76. The molecule has 1 fully saturated rings. The van der Waals surface area contributed by atoms with Crippen LogP contribution in [0.1, 0.15) is 63.1 Å². The van der Waals surface area contributed by atoms with Gasteiger partial charge in [-0.1, -0.05) is 32.9 Å². The molecular formula is C26H31NO6. The molecule has 0 heterocycles. The summed E-state index contributed by atoms with van der Waals surface area (Å²) in [6.45, 7) is 6.47. The fourth-order valence-electron chi connectivity index (χ4n) is 5.67. The number of phenolic OH excluding ortho intramolecular Hbond substituents is 1. The van der Waals surface area contributed by atoms with Gasteiger partial charge >= 0.3 is 0 Å². The van der Waals surface area contributed by atoms with E-state index < -0.39 is 40.6 Å². The van der Waals surface area contributed by atoms with Gasteiger partial charge in [-0.05, 0) is 60.5 Å². The fraction of sp³-hybridized carbons (Fsp3) is 0.500. The highest BCUT2D eigenvalue weighted by atomic mass is 16.3. The van der Waals surface area contributed by atoms with Crippen molar-refractivity contribution in [3.63, 3.8) is 0 Å². The van der Waals surface area contributed by atoms with Crippen LogP contribution in [0.15, 0.2) is 29.0 Å². The number of hydrogen-bond acceptors (Lipinski definition) is 6. The van der Waals surface area contributed by atoms with Crippen LogP contribution in [0.25, 0.3) is 5.76 Å². The average molecular weight is 454 g/mol. The topological polar surface area (TPSA) is 138 Å². The third kappa shape index (κ3) is 3.94. The van der Waals surface area contributed by atoms with Gasteiger partial charge in [-0.25, -0.2) is 0 Å². The lowest BCUT2D eigenvalue weighted by atomic mass is 9.61. The molecule has 3 atom stereocenters. The standard InChI is InChI=1S/C26H31NO6/c1-26(2,3)8-4-5-12-6-7-13-9-14-10-15-11-16(28)20(25(27)33)24(32)19(15)23(31)18(14)22(30)17(13)21(12)29/h6-7,14-15,19,29-30,32H,4-5,8-11H2,1-3H3,(H2,27,33). The maximum atomic E-state index is 13.4. The lowest BCUT2D eigenvalue weighted by Gasteiger charge is -2.41. The Bertz CT molecular complexity index is 1120. The first kappa shape index (κ1) is 23.1. The van der Waals surface area contributed by atoms with E-state index in [1.807, 2.05) is 12.1 Å². The van der Waals surface area contributed by atoms with E-state index in [1.54, 1.807) is 0 Å². The first-order valence-corrected chi connectivity index (χ1v) is 11.5. The SMILES string of the molecule is CC(C)(C)CCCc1ccc2c(c1O)C(O)=C1C(=O)C3C(O)=C(C(N)=O)C(=O)CC3CC1C2. The number of allylic oxidation sites excluding steroid dienone is 2. The van der Waals surface area contributed by atoms with E-state index in [0.29, 0.717) is 24.8 Å². The van der Waals surface area contributed by atoms with Crippen LogP contribution in [0.5, 0.6) is 5.75 Å². The highest BCUT2D eigenvalue weighted by Crippen LogP contribution is 2.50. The Balaban J connectivity index is 1.72. The number of carbonyl (C=O) groups excluding carboxylic acids is 3. The third-order valence-electron chi connectivity index (χ3n) is 7.22. The van der Waals surface area contributed by atoms with Crippen LogP contribution in [0.4, 0.5) is 0 Å². The second-order valence-electron chi connectivity index (χ2n) is 10.8. The third-order valence-corrected chi connectivity index (χ3v) is 7.22.